The lowest BCUT2D eigenvalue weighted by Gasteiger charge is -2.03. The molecule has 1 N–H and O–H groups in total. The molecule has 3 rings (SSSR count). The zero-order valence-corrected chi connectivity index (χ0v) is 9.52. The summed E-state index contributed by atoms with van der Waals surface area (Å²) in [6.45, 7) is 0. The van der Waals surface area contributed by atoms with Crippen LogP contribution in [0.2, 0.25) is 0 Å². The summed E-state index contributed by atoms with van der Waals surface area (Å²) in [5, 5.41) is 6.91. The van der Waals surface area contributed by atoms with Gasteiger partial charge in [-0.3, -0.25) is 14.6 Å². The third kappa shape index (κ3) is 1.68. The molecule has 3 aromatic heterocycles. The van der Waals surface area contributed by atoms with Gasteiger partial charge in [-0.2, -0.15) is 5.10 Å². The van der Waals surface area contributed by atoms with Gasteiger partial charge in [0.2, 0.25) is 5.82 Å². The van der Waals surface area contributed by atoms with Gasteiger partial charge in [0, 0.05) is 6.20 Å². The van der Waals surface area contributed by atoms with Gasteiger partial charge in [0.15, 0.2) is 10.5 Å². The molecule has 17 heavy (non-hydrogen) atoms. The number of H-pyrrole nitrogens is 1. The van der Waals surface area contributed by atoms with E-state index in [0.717, 1.165) is 5.69 Å². The second-order valence-electron chi connectivity index (χ2n) is 3.38. The Morgan fingerprint density at radius 3 is 2.94 bits per heavy atom. The lowest BCUT2D eigenvalue weighted by molar-refractivity contribution is 0.575. The lowest BCUT2D eigenvalue weighted by Crippen LogP contribution is -1.97. The first-order valence-corrected chi connectivity index (χ1v) is 5.39. The van der Waals surface area contributed by atoms with E-state index in [1.54, 1.807) is 29.3 Å². The molecule has 0 amide bonds. The zero-order chi connectivity index (χ0) is 11.7. The van der Waals surface area contributed by atoms with Crippen molar-refractivity contribution >= 4 is 12.2 Å². The van der Waals surface area contributed by atoms with Crippen LogP contribution in [0.15, 0.2) is 47.3 Å². The fourth-order valence-corrected chi connectivity index (χ4v) is 1.83. The standard InChI is InChI=1S/C11H8N4OS/c17-11-14-13-10(9-4-2-6-16-9)15(11)8-3-1-5-12-7-8/h1-7H,(H,14,17). The molecule has 0 aliphatic heterocycles. The molecule has 0 aliphatic rings. The summed E-state index contributed by atoms with van der Waals surface area (Å²) in [5.74, 6) is 1.29. The van der Waals surface area contributed by atoms with Crippen LogP contribution in [0.3, 0.4) is 0 Å². The Labute approximate surface area is 102 Å². The van der Waals surface area contributed by atoms with Crippen molar-refractivity contribution in [2.75, 3.05) is 0 Å². The average molecular weight is 244 g/mol. The third-order valence-electron chi connectivity index (χ3n) is 2.32. The normalized spacial score (nSPS) is 10.6. The maximum atomic E-state index is 5.32. The fraction of sp³-hybridized carbons (Fsp3) is 0. The van der Waals surface area contributed by atoms with Crippen molar-refractivity contribution in [3.63, 3.8) is 0 Å². The molecule has 0 fully saturated rings. The number of hydrogen-bond donors (Lipinski definition) is 1. The summed E-state index contributed by atoms with van der Waals surface area (Å²) in [6, 6.07) is 7.39. The largest absolute Gasteiger partial charge is 0.461 e. The number of aromatic nitrogens is 4. The minimum atomic E-state index is 0.504. The zero-order valence-electron chi connectivity index (χ0n) is 8.70. The maximum absolute atomic E-state index is 5.32. The summed E-state index contributed by atoms with van der Waals surface area (Å²) in [7, 11) is 0. The number of nitrogens with zero attached hydrogens (tertiary/aromatic N) is 3. The summed E-state index contributed by atoms with van der Waals surface area (Å²) < 4.78 is 7.61. The Morgan fingerprint density at radius 2 is 2.24 bits per heavy atom. The van der Waals surface area contributed by atoms with Crippen LogP contribution >= 0.6 is 12.2 Å². The third-order valence-corrected chi connectivity index (χ3v) is 2.59. The summed E-state index contributed by atoms with van der Waals surface area (Å²) in [5.41, 5.74) is 0.845. The van der Waals surface area contributed by atoms with Crippen molar-refractivity contribution in [2.45, 2.75) is 0 Å². The van der Waals surface area contributed by atoms with Gasteiger partial charge in [-0.15, -0.1) is 0 Å². The molecule has 0 radical (unpaired) electrons. The molecule has 5 nitrogen and oxygen atoms in total. The fourth-order valence-electron chi connectivity index (χ4n) is 1.59. The molecule has 0 atom stereocenters. The smallest absolute Gasteiger partial charge is 0.202 e. The highest BCUT2D eigenvalue weighted by atomic mass is 32.1. The summed E-state index contributed by atoms with van der Waals surface area (Å²) in [4.78, 5) is 4.06. The van der Waals surface area contributed by atoms with Crippen molar-refractivity contribution in [3.8, 4) is 17.3 Å². The predicted octanol–water partition coefficient (Wildman–Crippen LogP) is 2.58. The van der Waals surface area contributed by atoms with Crippen molar-refractivity contribution in [1.82, 2.24) is 19.7 Å². The van der Waals surface area contributed by atoms with Crippen molar-refractivity contribution in [1.29, 1.82) is 0 Å². The number of hydrogen-bond acceptors (Lipinski definition) is 4. The van der Waals surface area contributed by atoms with Crippen LogP contribution in [0.1, 0.15) is 0 Å². The van der Waals surface area contributed by atoms with E-state index in [1.807, 2.05) is 18.2 Å². The van der Waals surface area contributed by atoms with E-state index in [0.29, 0.717) is 16.4 Å². The molecule has 0 bridgehead atoms. The Hall–Kier alpha value is -2.21. The highest BCUT2D eigenvalue weighted by Gasteiger charge is 2.12. The number of pyridine rings is 1. The quantitative estimate of drug-likeness (QED) is 0.704. The van der Waals surface area contributed by atoms with E-state index in [1.165, 1.54) is 0 Å². The van der Waals surface area contributed by atoms with Gasteiger partial charge in [-0.05, 0) is 36.5 Å². The Bertz CT molecular complexity index is 669. The van der Waals surface area contributed by atoms with Gasteiger partial charge in [0.25, 0.3) is 0 Å². The summed E-state index contributed by atoms with van der Waals surface area (Å²) >= 11 is 5.20. The first-order valence-electron chi connectivity index (χ1n) is 4.98. The summed E-state index contributed by atoms with van der Waals surface area (Å²) in [6.07, 6.45) is 5.03. The molecule has 0 saturated heterocycles. The Balaban J connectivity index is 2.24. The van der Waals surface area contributed by atoms with E-state index in [4.69, 9.17) is 16.6 Å². The van der Waals surface area contributed by atoms with Gasteiger partial charge < -0.3 is 4.42 Å². The van der Waals surface area contributed by atoms with Crippen LogP contribution < -0.4 is 0 Å². The second kappa shape index (κ2) is 3.99. The monoisotopic (exact) mass is 244 g/mol. The highest BCUT2D eigenvalue weighted by molar-refractivity contribution is 7.71. The number of aromatic amines is 1. The van der Waals surface area contributed by atoms with E-state index in [-0.39, 0.29) is 0 Å². The predicted molar refractivity (Wildman–Crippen MR) is 64.2 cm³/mol. The van der Waals surface area contributed by atoms with Gasteiger partial charge in [0.05, 0.1) is 18.1 Å². The number of furan rings is 1. The molecular formula is C11H8N4OS. The van der Waals surface area contributed by atoms with Crippen LogP contribution in [-0.4, -0.2) is 19.7 Å². The topological polar surface area (TPSA) is 59.6 Å². The van der Waals surface area contributed by atoms with Crippen LogP contribution in [-0.2, 0) is 0 Å². The Kier molecular flexibility index (Phi) is 2.34. The first-order chi connectivity index (χ1) is 8.36. The van der Waals surface area contributed by atoms with E-state index in [2.05, 4.69) is 15.2 Å². The van der Waals surface area contributed by atoms with Gasteiger partial charge in [-0.1, -0.05) is 0 Å². The molecular weight excluding hydrogens is 236 g/mol. The van der Waals surface area contributed by atoms with Crippen molar-refractivity contribution in [2.24, 2.45) is 0 Å². The SMILES string of the molecule is S=c1[nH]nc(-c2ccco2)n1-c1cccnc1. The van der Waals surface area contributed by atoms with Gasteiger partial charge in [-0.25, -0.2) is 0 Å². The minimum absolute atomic E-state index is 0.504. The number of rotatable bonds is 2. The van der Waals surface area contributed by atoms with E-state index < -0.39 is 0 Å². The average Bonchev–Trinajstić information content (AvgIpc) is 2.98. The van der Waals surface area contributed by atoms with Gasteiger partial charge in [0.1, 0.15) is 0 Å². The van der Waals surface area contributed by atoms with Crippen LogP contribution in [0, 0.1) is 4.77 Å². The Morgan fingerprint density at radius 1 is 1.29 bits per heavy atom. The molecule has 0 saturated carbocycles. The molecule has 0 aliphatic carbocycles. The van der Waals surface area contributed by atoms with E-state index in [9.17, 15) is 0 Å². The van der Waals surface area contributed by atoms with Crippen molar-refractivity contribution in [3.05, 3.63) is 47.7 Å². The number of nitrogens with one attached hydrogen (secondary N) is 1. The highest BCUT2D eigenvalue weighted by Crippen LogP contribution is 2.20. The van der Waals surface area contributed by atoms with Crippen LogP contribution in [0.25, 0.3) is 17.3 Å². The lowest BCUT2D eigenvalue weighted by atomic mass is 10.4. The van der Waals surface area contributed by atoms with E-state index >= 15 is 0 Å². The van der Waals surface area contributed by atoms with Crippen LogP contribution in [0.5, 0.6) is 0 Å². The molecule has 0 aromatic carbocycles. The minimum Gasteiger partial charge on any atom is -0.461 e. The first kappa shape index (κ1) is 9.98. The second-order valence-corrected chi connectivity index (χ2v) is 3.76. The molecule has 3 aromatic rings. The molecule has 3 heterocycles. The van der Waals surface area contributed by atoms with Crippen molar-refractivity contribution < 1.29 is 4.42 Å². The molecule has 0 spiro atoms. The molecule has 0 unspecified atom stereocenters. The molecule has 84 valence electrons. The van der Waals surface area contributed by atoms with Crippen LogP contribution in [0.4, 0.5) is 0 Å². The van der Waals surface area contributed by atoms with Gasteiger partial charge >= 0.3 is 0 Å². The molecule has 6 heteroatoms. The maximum Gasteiger partial charge on any atom is 0.202 e.